The number of carbonyl (C=O) groups excluding carboxylic acids is 1. The fraction of sp³-hybridized carbons (Fsp3) is 0.176. The Balaban J connectivity index is 1.75. The van der Waals surface area contributed by atoms with Crippen LogP contribution in [0.15, 0.2) is 64.2 Å². The van der Waals surface area contributed by atoms with E-state index >= 15 is 0 Å². The zero-order valence-electron chi connectivity index (χ0n) is 12.0. The largest absolute Gasteiger partial charge is 0.271 e. The number of nitrogens with one attached hydrogen (secondary N) is 1. The number of benzene rings is 2. The Morgan fingerprint density at radius 3 is 2.48 bits per heavy atom. The zero-order chi connectivity index (χ0) is 16.5. The lowest BCUT2D eigenvalue weighted by molar-refractivity contribution is 0.0955. The van der Waals surface area contributed by atoms with Gasteiger partial charge in [0.05, 0.1) is 5.41 Å². The van der Waals surface area contributed by atoms with E-state index < -0.39 is 9.75 Å². The number of alkyl halides is 2. The van der Waals surface area contributed by atoms with E-state index in [1.54, 1.807) is 24.4 Å². The van der Waals surface area contributed by atoms with Crippen molar-refractivity contribution >= 4 is 51.3 Å². The minimum atomic E-state index is -0.904. The molecule has 0 radical (unpaired) electrons. The van der Waals surface area contributed by atoms with E-state index in [9.17, 15) is 4.79 Å². The lowest BCUT2D eigenvalue weighted by atomic mass is 9.97. The predicted molar refractivity (Wildman–Crippen MR) is 97.3 cm³/mol. The average Bonchev–Trinajstić information content (AvgIpc) is 3.10. The summed E-state index contributed by atoms with van der Waals surface area (Å²) in [6.45, 7) is 0. The first-order valence-corrected chi connectivity index (χ1v) is 8.53. The number of amides is 1. The number of nitrogens with zero attached hydrogens (tertiary/aromatic N) is 1. The normalized spacial score (nSPS) is 22.0. The summed E-state index contributed by atoms with van der Waals surface area (Å²) < 4.78 is -0.0733. The molecule has 6 heteroatoms. The summed E-state index contributed by atoms with van der Waals surface area (Å²) in [6, 6.07) is 16.8. The van der Waals surface area contributed by atoms with E-state index in [-0.39, 0.29) is 5.91 Å². The van der Waals surface area contributed by atoms with Crippen LogP contribution < -0.4 is 5.43 Å². The van der Waals surface area contributed by atoms with Gasteiger partial charge < -0.3 is 0 Å². The molecule has 2 aromatic carbocycles. The maximum absolute atomic E-state index is 12.1. The quantitative estimate of drug-likeness (QED) is 0.443. The number of carbonyl (C=O) groups is 1. The predicted octanol–water partition coefficient (Wildman–Crippen LogP) is 4.68. The Morgan fingerprint density at radius 1 is 1.17 bits per heavy atom. The smallest absolute Gasteiger partial charge is 0.267 e. The first-order chi connectivity index (χ1) is 10.9. The maximum Gasteiger partial charge on any atom is 0.271 e. The van der Waals surface area contributed by atoms with E-state index in [2.05, 4.69) is 26.5 Å². The summed E-state index contributed by atoms with van der Waals surface area (Å²) >= 11 is 15.9. The molecule has 0 aliphatic heterocycles. The minimum Gasteiger partial charge on any atom is -0.267 e. The fourth-order valence-electron chi connectivity index (χ4n) is 2.46. The van der Waals surface area contributed by atoms with Crippen molar-refractivity contribution in [3.8, 4) is 0 Å². The molecule has 0 heterocycles. The average molecular weight is 412 g/mol. The number of rotatable bonds is 4. The van der Waals surface area contributed by atoms with E-state index in [0.717, 1.165) is 10.0 Å². The van der Waals surface area contributed by atoms with Crippen molar-refractivity contribution < 1.29 is 4.79 Å². The molecule has 1 aliphatic rings. The van der Waals surface area contributed by atoms with Crippen molar-refractivity contribution in [3.05, 3.63) is 70.2 Å². The highest BCUT2D eigenvalue weighted by Gasteiger charge is 2.66. The van der Waals surface area contributed by atoms with E-state index in [1.165, 1.54) is 0 Å². The minimum absolute atomic E-state index is 0.291. The molecule has 1 atom stereocenters. The monoisotopic (exact) mass is 410 g/mol. The number of halogens is 3. The number of hydrogen-bond donors (Lipinski definition) is 1. The van der Waals surface area contributed by atoms with Crippen LogP contribution in [0.5, 0.6) is 0 Å². The lowest BCUT2D eigenvalue weighted by Gasteiger charge is -2.13. The highest BCUT2D eigenvalue weighted by atomic mass is 79.9. The molecule has 23 heavy (non-hydrogen) atoms. The van der Waals surface area contributed by atoms with Crippen molar-refractivity contribution in [1.29, 1.82) is 0 Å². The summed E-state index contributed by atoms with van der Waals surface area (Å²) in [5, 5.41) is 4.07. The van der Waals surface area contributed by atoms with Gasteiger partial charge in [0.1, 0.15) is 4.33 Å². The van der Waals surface area contributed by atoms with Gasteiger partial charge in [0, 0.05) is 16.3 Å². The summed E-state index contributed by atoms with van der Waals surface area (Å²) in [4.78, 5) is 12.1. The van der Waals surface area contributed by atoms with Crippen molar-refractivity contribution in [3.63, 3.8) is 0 Å². The first kappa shape index (κ1) is 16.5. The van der Waals surface area contributed by atoms with E-state index in [0.29, 0.717) is 12.0 Å². The second-order valence-corrected chi connectivity index (χ2v) is 7.83. The third-order valence-electron chi connectivity index (χ3n) is 3.86. The van der Waals surface area contributed by atoms with Crippen LogP contribution in [-0.2, 0) is 5.41 Å². The number of hydrogen-bond acceptors (Lipinski definition) is 2. The molecule has 1 amide bonds. The van der Waals surface area contributed by atoms with E-state index in [4.69, 9.17) is 23.2 Å². The molecule has 3 rings (SSSR count). The van der Waals surface area contributed by atoms with Crippen molar-refractivity contribution in [1.82, 2.24) is 5.43 Å². The third kappa shape index (κ3) is 3.30. The molecule has 1 saturated carbocycles. The van der Waals surface area contributed by atoms with Crippen LogP contribution >= 0.6 is 39.1 Å². The summed E-state index contributed by atoms with van der Waals surface area (Å²) in [7, 11) is 0. The van der Waals surface area contributed by atoms with Gasteiger partial charge in [-0.2, -0.15) is 5.10 Å². The van der Waals surface area contributed by atoms with Crippen LogP contribution in [0.25, 0.3) is 0 Å². The molecule has 0 bridgehead atoms. The second-order valence-electron chi connectivity index (χ2n) is 5.43. The van der Waals surface area contributed by atoms with Gasteiger partial charge in [-0.3, -0.25) is 4.79 Å². The molecule has 2 aromatic rings. The molecular formula is C17H13BrCl2N2O. The van der Waals surface area contributed by atoms with Gasteiger partial charge in [-0.05, 0) is 30.2 Å². The van der Waals surface area contributed by atoms with Crippen LogP contribution in [0, 0.1) is 0 Å². The zero-order valence-corrected chi connectivity index (χ0v) is 15.1. The molecule has 0 saturated heterocycles. The summed E-state index contributed by atoms with van der Waals surface area (Å²) in [6.07, 6.45) is 2.18. The van der Waals surface area contributed by atoms with Gasteiger partial charge in [-0.25, -0.2) is 5.43 Å². The van der Waals surface area contributed by atoms with Crippen LogP contribution in [0.3, 0.4) is 0 Å². The van der Waals surface area contributed by atoms with Crippen LogP contribution in [-0.4, -0.2) is 16.5 Å². The summed E-state index contributed by atoms with van der Waals surface area (Å²) in [5.74, 6) is -0.291. The lowest BCUT2D eigenvalue weighted by Crippen LogP contribution is -2.22. The van der Waals surface area contributed by atoms with Crippen LogP contribution in [0.4, 0.5) is 0 Å². The van der Waals surface area contributed by atoms with Gasteiger partial charge in [-0.1, -0.05) is 52.3 Å². The first-order valence-electron chi connectivity index (χ1n) is 6.98. The second kappa shape index (κ2) is 6.27. The van der Waals surface area contributed by atoms with Crippen molar-refractivity contribution in [2.45, 2.75) is 16.2 Å². The van der Waals surface area contributed by atoms with Crippen LogP contribution in [0.1, 0.15) is 22.3 Å². The molecule has 0 unspecified atom stereocenters. The van der Waals surface area contributed by atoms with Gasteiger partial charge in [0.15, 0.2) is 0 Å². The molecule has 1 aliphatic carbocycles. The molecule has 0 spiro atoms. The Morgan fingerprint density at radius 2 is 1.87 bits per heavy atom. The topological polar surface area (TPSA) is 41.5 Å². The SMILES string of the molecule is O=C(N/N=C\[C@@]1(c2ccccc2)CC1(Cl)Cl)c1cccc(Br)c1. The Kier molecular flexibility index (Phi) is 4.50. The molecular weight excluding hydrogens is 399 g/mol. The van der Waals surface area contributed by atoms with Gasteiger partial charge in [0.25, 0.3) is 5.91 Å². The molecule has 1 fully saturated rings. The Labute approximate surface area is 152 Å². The highest BCUT2D eigenvalue weighted by molar-refractivity contribution is 9.10. The standard InChI is InChI=1S/C17H13BrCl2N2O/c18-14-8-4-5-12(9-14)15(23)22-21-11-16(10-17(16,19)20)13-6-2-1-3-7-13/h1-9,11H,10H2,(H,22,23)/b21-11-/t16-/m1/s1. The van der Waals surface area contributed by atoms with Crippen molar-refractivity contribution in [2.24, 2.45) is 5.10 Å². The van der Waals surface area contributed by atoms with E-state index in [1.807, 2.05) is 36.4 Å². The maximum atomic E-state index is 12.1. The third-order valence-corrected chi connectivity index (χ3v) is 5.29. The molecule has 1 N–H and O–H groups in total. The van der Waals surface area contributed by atoms with Crippen molar-refractivity contribution in [2.75, 3.05) is 0 Å². The summed E-state index contributed by atoms with van der Waals surface area (Å²) in [5.41, 5.74) is 3.45. The highest BCUT2D eigenvalue weighted by Crippen LogP contribution is 2.63. The number of hydrazone groups is 1. The Bertz CT molecular complexity index is 764. The molecule has 118 valence electrons. The van der Waals surface area contributed by atoms with Gasteiger partial charge >= 0.3 is 0 Å². The van der Waals surface area contributed by atoms with Gasteiger partial charge in [0.2, 0.25) is 0 Å². The molecule has 3 nitrogen and oxygen atoms in total. The Hall–Kier alpha value is -1.36. The van der Waals surface area contributed by atoms with Gasteiger partial charge in [-0.15, -0.1) is 23.2 Å². The van der Waals surface area contributed by atoms with Crippen LogP contribution in [0.2, 0.25) is 0 Å². The molecule has 0 aromatic heterocycles. The fourth-order valence-corrected chi connectivity index (χ4v) is 3.60.